The number of nitrogens with one attached hydrogen (secondary N) is 1. The lowest BCUT2D eigenvalue weighted by atomic mass is 10.1. The molecule has 6 heteroatoms. The highest BCUT2D eigenvalue weighted by Crippen LogP contribution is 2.10. The van der Waals surface area contributed by atoms with Crippen molar-refractivity contribution in [3.63, 3.8) is 0 Å². The van der Waals surface area contributed by atoms with Crippen LogP contribution in [-0.2, 0) is 11.8 Å². The summed E-state index contributed by atoms with van der Waals surface area (Å²) in [5, 5.41) is 6.72. The molecule has 0 radical (unpaired) electrons. The summed E-state index contributed by atoms with van der Waals surface area (Å²) >= 11 is 0. The van der Waals surface area contributed by atoms with Crippen LogP contribution in [0.25, 0.3) is 0 Å². The van der Waals surface area contributed by atoms with Gasteiger partial charge >= 0.3 is 0 Å². The maximum atomic E-state index is 12.2. The number of aryl methyl sites for hydroxylation is 1. The molecule has 19 heavy (non-hydrogen) atoms. The molecular formula is C13H20N4O2. The van der Waals surface area contributed by atoms with Crippen LogP contribution in [0.3, 0.4) is 0 Å². The Balaban J connectivity index is 1.91. The first-order valence-corrected chi connectivity index (χ1v) is 6.67. The average molecular weight is 264 g/mol. The maximum Gasteiger partial charge on any atom is 0.272 e. The molecule has 1 atom stereocenters. The number of aromatic nitrogens is 2. The van der Waals surface area contributed by atoms with Crippen molar-refractivity contribution in [3.05, 3.63) is 18.0 Å². The van der Waals surface area contributed by atoms with E-state index in [1.807, 2.05) is 4.90 Å². The van der Waals surface area contributed by atoms with Gasteiger partial charge in [-0.15, -0.1) is 0 Å². The average Bonchev–Trinajstić information content (AvgIpc) is 2.85. The highest BCUT2D eigenvalue weighted by atomic mass is 16.2. The van der Waals surface area contributed by atoms with Gasteiger partial charge in [0.25, 0.3) is 5.91 Å². The molecule has 104 valence electrons. The fourth-order valence-corrected chi connectivity index (χ4v) is 2.26. The van der Waals surface area contributed by atoms with Gasteiger partial charge in [0.1, 0.15) is 11.7 Å². The Morgan fingerprint density at radius 1 is 1.32 bits per heavy atom. The van der Waals surface area contributed by atoms with Gasteiger partial charge < -0.3 is 10.2 Å². The molecule has 1 aromatic rings. The molecule has 0 aromatic carbocycles. The molecular weight excluding hydrogens is 244 g/mol. The SMILES string of the molecule is CC(NC(=O)c1ccn(C)n1)C(=O)N1CCCCC1. The van der Waals surface area contributed by atoms with Crippen LogP contribution in [-0.4, -0.2) is 45.6 Å². The van der Waals surface area contributed by atoms with E-state index in [0.29, 0.717) is 5.69 Å². The van der Waals surface area contributed by atoms with Gasteiger partial charge in [0.05, 0.1) is 0 Å². The van der Waals surface area contributed by atoms with E-state index in [1.54, 1.807) is 30.9 Å². The molecule has 0 saturated carbocycles. The molecule has 1 fully saturated rings. The van der Waals surface area contributed by atoms with E-state index in [2.05, 4.69) is 10.4 Å². The number of hydrogen-bond donors (Lipinski definition) is 1. The quantitative estimate of drug-likeness (QED) is 0.867. The van der Waals surface area contributed by atoms with Crippen molar-refractivity contribution in [1.29, 1.82) is 0 Å². The number of hydrogen-bond acceptors (Lipinski definition) is 3. The largest absolute Gasteiger partial charge is 0.341 e. The van der Waals surface area contributed by atoms with Crippen LogP contribution < -0.4 is 5.32 Å². The summed E-state index contributed by atoms with van der Waals surface area (Å²) in [6.07, 6.45) is 4.98. The van der Waals surface area contributed by atoms with Crippen LogP contribution in [0, 0.1) is 0 Å². The molecule has 0 aliphatic carbocycles. The van der Waals surface area contributed by atoms with Gasteiger partial charge in [-0.05, 0) is 32.3 Å². The molecule has 1 aromatic heterocycles. The third kappa shape index (κ3) is 3.33. The first-order chi connectivity index (χ1) is 9.08. The second-order valence-corrected chi connectivity index (χ2v) is 4.96. The molecule has 1 aliphatic rings. The Kier molecular flexibility index (Phi) is 4.19. The minimum absolute atomic E-state index is 0.0102. The van der Waals surface area contributed by atoms with E-state index in [4.69, 9.17) is 0 Å². The fourth-order valence-electron chi connectivity index (χ4n) is 2.26. The lowest BCUT2D eigenvalue weighted by Crippen LogP contribution is -2.48. The number of carbonyl (C=O) groups excluding carboxylic acids is 2. The first-order valence-electron chi connectivity index (χ1n) is 6.67. The Hall–Kier alpha value is -1.85. The van der Waals surface area contributed by atoms with E-state index in [-0.39, 0.29) is 11.8 Å². The molecule has 1 unspecified atom stereocenters. The summed E-state index contributed by atoms with van der Waals surface area (Å²) in [5.41, 5.74) is 0.334. The standard InChI is InChI=1S/C13H20N4O2/c1-10(13(19)17-7-4-3-5-8-17)14-12(18)11-6-9-16(2)15-11/h6,9-10H,3-5,7-8H2,1-2H3,(H,14,18). The van der Waals surface area contributed by atoms with Crippen LogP contribution in [0.5, 0.6) is 0 Å². The van der Waals surface area contributed by atoms with Crippen LogP contribution in [0.15, 0.2) is 12.3 Å². The van der Waals surface area contributed by atoms with E-state index in [9.17, 15) is 9.59 Å². The summed E-state index contributed by atoms with van der Waals surface area (Å²) in [7, 11) is 1.75. The van der Waals surface area contributed by atoms with Gasteiger partial charge in [-0.3, -0.25) is 14.3 Å². The monoisotopic (exact) mass is 264 g/mol. The highest BCUT2D eigenvalue weighted by Gasteiger charge is 2.24. The summed E-state index contributed by atoms with van der Waals surface area (Å²) in [4.78, 5) is 25.9. The molecule has 2 amide bonds. The van der Waals surface area contributed by atoms with Gasteiger partial charge in [0.2, 0.25) is 5.91 Å². The van der Waals surface area contributed by atoms with Gasteiger partial charge in [-0.1, -0.05) is 0 Å². The number of rotatable bonds is 3. The van der Waals surface area contributed by atoms with Crippen molar-refractivity contribution in [2.24, 2.45) is 7.05 Å². The molecule has 1 saturated heterocycles. The van der Waals surface area contributed by atoms with Crippen molar-refractivity contribution in [1.82, 2.24) is 20.0 Å². The van der Waals surface area contributed by atoms with Crippen LogP contribution in [0.2, 0.25) is 0 Å². The van der Waals surface area contributed by atoms with Crippen molar-refractivity contribution < 1.29 is 9.59 Å². The first kappa shape index (κ1) is 13.6. The topological polar surface area (TPSA) is 67.2 Å². The summed E-state index contributed by atoms with van der Waals surface area (Å²) in [6, 6.07) is 1.13. The molecule has 6 nitrogen and oxygen atoms in total. The lowest BCUT2D eigenvalue weighted by molar-refractivity contribution is -0.133. The van der Waals surface area contributed by atoms with Crippen molar-refractivity contribution in [2.45, 2.75) is 32.2 Å². The number of nitrogens with zero attached hydrogens (tertiary/aromatic N) is 3. The van der Waals surface area contributed by atoms with E-state index in [1.165, 1.54) is 6.42 Å². The van der Waals surface area contributed by atoms with Gasteiger partial charge in [0, 0.05) is 26.3 Å². The summed E-state index contributed by atoms with van der Waals surface area (Å²) in [6.45, 7) is 3.31. The zero-order chi connectivity index (χ0) is 13.8. The molecule has 2 rings (SSSR count). The maximum absolute atomic E-state index is 12.2. The predicted molar refractivity (Wildman–Crippen MR) is 70.6 cm³/mol. The van der Waals surface area contributed by atoms with Crippen LogP contribution in [0.1, 0.15) is 36.7 Å². The van der Waals surface area contributed by atoms with Gasteiger partial charge in [-0.2, -0.15) is 5.10 Å². The second-order valence-electron chi connectivity index (χ2n) is 4.96. The number of piperidine rings is 1. The summed E-state index contributed by atoms with van der Waals surface area (Å²) < 4.78 is 1.56. The normalized spacial score (nSPS) is 17.1. The second kappa shape index (κ2) is 5.86. The van der Waals surface area contributed by atoms with Crippen molar-refractivity contribution in [3.8, 4) is 0 Å². The highest BCUT2D eigenvalue weighted by molar-refractivity contribution is 5.95. The lowest BCUT2D eigenvalue weighted by Gasteiger charge is -2.29. The zero-order valence-electron chi connectivity index (χ0n) is 11.4. The number of likely N-dealkylation sites (tertiary alicyclic amines) is 1. The van der Waals surface area contributed by atoms with Crippen molar-refractivity contribution in [2.75, 3.05) is 13.1 Å². The predicted octanol–water partition coefficient (Wildman–Crippen LogP) is 0.551. The van der Waals surface area contributed by atoms with Gasteiger partial charge in [-0.25, -0.2) is 0 Å². The van der Waals surface area contributed by atoms with E-state index >= 15 is 0 Å². The minimum atomic E-state index is -0.507. The molecule has 0 spiro atoms. The van der Waals surface area contributed by atoms with Crippen molar-refractivity contribution >= 4 is 11.8 Å². The van der Waals surface area contributed by atoms with Crippen LogP contribution >= 0.6 is 0 Å². The number of amides is 2. The fraction of sp³-hybridized carbons (Fsp3) is 0.615. The molecule has 1 N–H and O–H groups in total. The Morgan fingerprint density at radius 2 is 2.00 bits per heavy atom. The minimum Gasteiger partial charge on any atom is -0.341 e. The van der Waals surface area contributed by atoms with Gasteiger partial charge in [0.15, 0.2) is 0 Å². The Bertz CT molecular complexity index is 463. The number of carbonyl (C=O) groups is 2. The zero-order valence-corrected chi connectivity index (χ0v) is 11.4. The third-order valence-electron chi connectivity index (χ3n) is 3.33. The molecule has 1 aliphatic heterocycles. The van der Waals surface area contributed by atoms with E-state index < -0.39 is 6.04 Å². The Morgan fingerprint density at radius 3 is 2.58 bits per heavy atom. The Labute approximate surface area is 112 Å². The van der Waals surface area contributed by atoms with Crippen LogP contribution in [0.4, 0.5) is 0 Å². The third-order valence-corrected chi connectivity index (χ3v) is 3.33. The molecule has 0 bridgehead atoms. The smallest absolute Gasteiger partial charge is 0.272 e. The van der Waals surface area contributed by atoms with E-state index in [0.717, 1.165) is 25.9 Å². The summed E-state index contributed by atoms with van der Waals surface area (Å²) in [5.74, 6) is -0.317. The molecule has 2 heterocycles.